The lowest BCUT2D eigenvalue weighted by Gasteiger charge is -2.08. The zero-order valence-corrected chi connectivity index (χ0v) is 17.4. The van der Waals surface area contributed by atoms with E-state index in [1.807, 2.05) is 60.1 Å². The van der Waals surface area contributed by atoms with Crippen molar-refractivity contribution in [3.8, 4) is 17.2 Å². The molecule has 7 heteroatoms. The fraction of sp³-hybridized carbons (Fsp3) is 0.182. The summed E-state index contributed by atoms with van der Waals surface area (Å²) in [6.45, 7) is 0. The molecule has 0 N–H and O–H groups in total. The summed E-state index contributed by atoms with van der Waals surface area (Å²) in [5.41, 5.74) is 1.34. The molecule has 0 spiro atoms. The summed E-state index contributed by atoms with van der Waals surface area (Å²) >= 11 is 1.41. The van der Waals surface area contributed by atoms with Gasteiger partial charge in [0.1, 0.15) is 5.75 Å². The Morgan fingerprint density at radius 3 is 2.17 bits per heavy atom. The van der Waals surface area contributed by atoms with E-state index in [1.165, 1.54) is 11.3 Å². The van der Waals surface area contributed by atoms with E-state index in [9.17, 15) is 4.79 Å². The number of aryl methyl sites for hydroxylation is 1. The lowest BCUT2D eigenvalue weighted by Crippen LogP contribution is -2.13. The van der Waals surface area contributed by atoms with Crippen molar-refractivity contribution < 1.29 is 19.0 Å². The number of hydrogen-bond acceptors (Lipinski definition) is 5. The maximum Gasteiger partial charge on any atom is 0.283 e. The van der Waals surface area contributed by atoms with E-state index in [2.05, 4.69) is 4.99 Å². The first-order chi connectivity index (χ1) is 14.0. The molecule has 0 aliphatic carbocycles. The topological polar surface area (TPSA) is 62.0 Å². The molecule has 4 aromatic rings. The first kappa shape index (κ1) is 19.0. The average Bonchev–Trinajstić information content (AvgIpc) is 3.05. The molecule has 0 saturated carbocycles. The fourth-order valence-corrected chi connectivity index (χ4v) is 4.29. The predicted molar refractivity (Wildman–Crippen MR) is 114 cm³/mol. The number of carbonyl (C=O) groups excluding carboxylic acids is 1. The molecule has 3 aromatic carbocycles. The molecule has 4 rings (SSSR count). The minimum Gasteiger partial charge on any atom is -0.496 e. The van der Waals surface area contributed by atoms with Crippen LogP contribution in [0, 0.1) is 0 Å². The SMILES string of the molecule is COc1cc2sc(=NC(=O)c3cc4ccccc4cc3OC)n(C)c2cc1OC. The van der Waals surface area contributed by atoms with E-state index in [0.717, 1.165) is 21.0 Å². The molecule has 0 radical (unpaired) electrons. The number of aromatic nitrogens is 1. The highest BCUT2D eigenvalue weighted by molar-refractivity contribution is 7.16. The Kier molecular flexibility index (Phi) is 4.98. The molecule has 1 aromatic heterocycles. The molecule has 0 atom stereocenters. The fourth-order valence-electron chi connectivity index (χ4n) is 3.26. The standard InChI is InChI=1S/C22H20N2O4S/c1-24-16-11-18(27-3)19(28-4)12-20(16)29-22(24)23-21(25)15-9-13-7-5-6-8-14(13)10-17(15)26-2/h5-12H,1-4H3. The average molecular weight is 408 g/mol. The van der Waals surface area contributed by atoms with E-state index in [0.29, 0.717) is 27.6 Å². The van der Waals surface area contributed by atoms with Crippen LogP contribution in [-0.4, -0.2) is 31.8 Å². The van der Waals surface area contributed by atoms with Crippen molar-refractivity contribution >= 4 is 38.2 Å². The minimum absolute atomic E-state index is 0.353. The van der Waals surface area contributed by atoms with Gasteiger partial charge in [0.2, 0.25) is 0 Å². The smallest absolute Gasteiger partial charge is 0.283 e. The number of thiazole rings is 1. The summed E-state index contributed by atoms with van der Waals surface area (Å²) in [4.78, 5) is 18.0. The molecule has 0 saturated heterocycles. The number of benzene rings is 3. The highest BCUT2D eigenvalue weighted by Crippen LogP contribution is 2.33. The lowest BCUT2D eigenvalue weighted by atomic mass is 10.1. The third kappa shape index (κ3) is 3.34. The summed E-state index contributed by atoms with van der Waals surface area (Å²) in [6, 6.07) is 15.3. The van der Waals surface area contributed by atoms with Crippen LogP contribution in [0.2, 0.25) is 0 Å². The Hall–Kier alpha value is -3.32. The van der Waals surface area contributed by atoms with Gasteiger partial charge < -0.3 is 18.8 Å². The third-order valence-corrected chi connectivity index (χ3v) is 5.90. The highest BCUT2D eigenvalue weighted by Gasteiger charge is 2.15. The van der Waals surface area contributed by atoms with Crippen LogP contribution in [-0.2, 0) is 7.05 Å². The van der Waals surface area contributed by atoms with Crippen LogP contribution in [0.4, 0.5) is 0 Å². The minimum atomic E-state index is -0.353. The molecule has 0 aliphatic heterocycles. The van der Waals surface area contributed by atoms with Crippen molar-refractivity contribution in [2.75, 3.05) is 21.3 Å². The summed E-state index contributed by atoms with van der Waals surface area (Å²) in [6.07, 6.45) is 0. The monoisotopic (exact) mass is 408 g/mol. The Bertz CT molecular complexity index is 1300. The number of nitrogens with zero attached hydrogens (tertiary/aromatic N) is 2. The molecule has 1 amide bonds. The molecule has 6 nitrogen and oxygen atoms in total. The highest BCUT2D eigenvalue weighted by atomic mass is 32.1. The number of amides is 1. The molecule has 0 bridgehead atoms. The summed E-state index contributed by atoms with van der Waals surface area (Å²) in [7, 11) is 6.61. The predicted octanol–water partition coefficient (Wildman–Crippen LogP) is 4.16. The zero-order chi connectivity index (χ0) is 20.5. The summed E-state index contributed by atoms with van der Waals surface area (Å²) in [5, 5.41) is 1.97. The van der Waals surface area contributed by atoms with Gasteiger partial charge in [0.25, 0.3) is 5.91 Å². The van der Waals surface area contributed by atoms with Gasteiger partial charge in [-0.3, -0.25) is 4.79 Å². The summed E-state index contributed by atoms with van der Waals surface area (Å²) in [5.74, 6) is 1.41. The molecular weight excluding hydrogens is 388 g/mol. The van der Waals surface area contributed by atoms with E-state index < -0.39 is 0 Å². The van der Waals surface area contributed by atoms with E-state index in [-0.39, 0.29) is 5.91 Å². The molecule has 0 aliphatic rings. The third-order valence-electron chi connectivity index (χ3n) is 4.81. The number of ether oxygens (including phenoxy) is 3. The number of methoxy groups -OCH3 is 3. The van der Waals surface area contributed by atoms with Gasteiger partial charge in [-0.1, -0.05) is 35.6 Å². The van der Waals surface area contributed by atoms with Crippen molar-refractivity contribution in [3.05, 3.63) is 58.9 Å². The number of fused-ring (bicyclic) bond motifs is 2. The van der Waals surface area contributed by atoms with E-state index in [4.69, 9.17) is 14.2 Å². The van der Waals surface area contributed by atoms with Crippen LogP contribution in [0.5, 0.6) is 17.2 Å². The molecular formula is C22H20N2O4S. The van der Waals surface area contributed by atoms with Crippen molar-refractivity contribution in [1.82, 2.24) is 4.57 Å². The second-order valence-corrected chi connectivity index (χ2v) is 7.44. The van der Waals surface area contributed by atoms with Gasteiger partial charge in [-0.25, -0.2) is 0 Å². The second kappa shape index (κ2) is 7.60. The zero-order valence-electron chi connectivity index (χ0n) is 16.6. The number of rotatable bonds is 4. The van der Waals surface area contributed by atoms with Crippen LogP contribution in [0.15, 0.2) is 53.5 Å². The van der Waals surface area contributed by atoms with Crippen molar-refractivity contribution in [2.45, 2.75) is 0 Å². The molecule has 0 unspecified atom stereocenters. The number of hydrogen-bond donors (Lipinski definition) is 0. The van der Waals surface area contributed by atoms with Crippen LogP contribution in [0.1, 0.15) is 10.4 Å². The van der Waals surface area contributed by atoms with Crippen molar-refractivity contribution in [3.63, 3.8) is 0 Å². The van der Waals surface area contributed by atoms with Gasteiger partial charge in [0.05, 0.1) is 37.1 Å². The first-order valence-corrected chi connectivity index (χ1v) is 9.74. The van der Waals surface area contributed by atoms with Crippen LogP contribution < -0.4 is 19.0 Å². The Balaban J connectivity index is 1.86. The first-order valence-electron chi connectivity index (χ1n) is 8.93. The Morgan fingerprint density at radius 2 is 1.52 bits per heavy atom. The number of carbonyl (C=O) groups is 1. The van der Waals surface area contributed by atoms with Gasteiger partial charge >= 0.3 is 0 Å². The molecule has 1 heterocycles. The quantitative estimate of drug-likeness (QED) is 0.509. The van der Waals surface area contributed by atoms with Crippen molar-refractivity contribution in [1.29, 1.82) is 0 Å². The van der Waals surface area contributed by atoms with Gasteiger partial charge in [-0.15, -0.1) is 0 Å². The Morgan fingerprint density at radius 1 is 0.897 bits per heavy atom. The molecule has 0 fully saturated rings. The van der Waals surface area contributed by atoms with Gasteiger partial charge in [-0.2, -0.15) is 4.99 Å². The normalized spacial score (nSPS) is 11.8. The van der Waals surface area contributed by atoms with Crippen LogP contribution in [0.25, 0.3) is 21.0 Å². The molecule has 29 heavy (non-hydrogen) atoms. The largest absolute Gasteiger partial charge is 0.496 e. The van der Waals surface area contributed by atoms with Gasteiger partial charge in [-0.05, 0) is 22.9 Å². The lowest BCUT2D eigenvalue weighted by molar-refractivity contribution is 0.0995. The Labute approximate surface area is 171 Å². The van der Waals surface area contributed by atoms with Crippen LogP contribution in [0.3, 0.4) is 0 Å². The maximum absolute atomic E-state index is 13.0. The van der Waals surface area contributed by atoms with Crippen molar-refractivity contribution in [2.24, 2.45) is 12.0 Å². The van der Waals surface area contributed by atoms with Gasteiger partial charge in [0, 0.05) is 19.2 Å². The summed E-state index contributed by atoms with van der Waals surface area (Å²) < 4.78 is 19.0. The van der Waals surface area contributed by atoms with Gasteiger partial charge in [0.15, 0.2) is 16.3 Å². The maximum atomic E-state index is 13.0. The van der Waals surface area contributed by atoms with E-state index in [1.54, 1.807) is 21.3 Å². The van der Waals surface area contributed by atoms with E-state index >= 15 is 0 Å². The molecule has 148 valence electrons. The van der Waals surface area contributed by atoms with Crippen LogP contribution >= 0.6 is 11.3 Å². The second-order valence-electron chi connectivity index (χ2n) is 6.44.